The van der Waals surface area contributed by atoms with Gasteiger partial charge >= 0.3 is 18.5 Å². The molecule has 2 aromatic rings. The molecule has 0 aliphatic carbocycles. The molecule has 1 aromatic heterocycles. The molecule has 12 nitrogen and oxygen atoms in total. The molecular weight excluding hydrogens is 659 g/mol. The largest absolute Gasteiger partial charge is 0.573 e. The third-order valence-corrected chi connectivity index (χ3v) is 8.81. The van der Waals surface area contributed by atoms with E-state index in [1.807, 2.05) is 0 Å². The van der Waals surface area contributed by atoms with Gasteiger partial charge in [0, 0.05) is 38.7 Å². The van der Waals surface area contributed by atoms with E-state index in [9.17, 15) is 32.3 Å². The molecule has 15 heteroatoms. The molecule has 5 rings (SSSR count). The van der Waals surface area contributed by atoms with E-state index in [-0.39, 0.29) is 42.4 Å². The predicted octanol–water partition coefficient (Wildman–Crippen LogP) is 5.64. The highest BCUT2D eigenvalue weighted by atomic mass is 19.4. The number of amides is 3. The summed E-state index contributed by atoms with van der Waals surface area (Å²) in [4.78, 5) is 62.9. The number of hydrogen-bond acceptors (Lipinski definition) is 8. The molecule has 0 bridgehead atoms. The first kappa shape index (κ1) is 36.7. The van der Waals surface area contributed by atoms with Crippen LogP contribution in [-0.2, 0) is 32.0 Å². The molecule has 2 saturated heterocycles. The standard InChI is InChI=1S/C35H44F3N5O7/c1-33(2,3)49-31(46)42-20-26-27(43(21-39-26)32(47)50-34(4,5)6)17-28(42)30(45)41-18-23-13-15-40(16-14-24(23)19-41)29(44)12-9-22-7-10-25(11-8-22)48-35(36,37)38/h7-12,21,23-24,28H,13-20H2,1-6H3/b12-9+/t23-,24+,28-/m0/s1. The normalized spacial score (nSPS) is 21.4. The fraction of sp³-hybridized carbons (Fsp3) is 0.571. The van der Waals surface area contributed by atoms with Gasteiger partial charge in [0.25, 0.3) is 0 Å². The lowest BCUT2D eigenvalue weighted by Crippen LogP contribution is -2.54. The van der Waals surface area contributed by atoms with Gasteiger partial charge in [0.05, 0.1) is 17.9 Å². The van der Waals surface area contributed by atoms with Gasteiger partial charge in [-0.2, -0.15) is 0 Å². The van der Waals surface area contributed by atoms with Crippen LogP contribution in [0, 0.1) is 11.8 Å². The van der Waals surface area contributed by atoms with Gasteiger partial charge in [-0.15, -0.1) is 13.2 Å². The minimum atomic E-state index is -4.78. The van der Waals surface area contributed by atoms with Crippen LogP contribution in [0.1, 0.15) is 71.3 Å². The molecule has 3 atom stereocenters. The summed E-state index contributed by atoms with van der Waals surface area (Å²) >= 11 is 0. The van der Waals surface area contributed by atoms with E-state index in [2.05, 4.69) is 9.72 Å². The van der Waals surface area contributed by atoms with Crippen LogP contribution in [0.15, 0.2) is 36.7 Å². The Morgan fingerprint density at radius 1 is 0.840 bits per heavy atom. The number of carbonyl (C=O) groups is 4. The minimum absolute atomic E-state index is 0.00673. The molecule has 50 heavy (non-hydrogen) atoms. The van der Waals surface area contributed by atoms with Crippen molar-refractivity contribution >= 4 is 30.1 Å². The third kappa shape index (κ3) is 9.16. The summed E-state index contributed by atoms with van der Waals surface area (Å²) in [5.74, 6) is -0.507. The summed E-state index contributed by atoms with van der Waals surface area (Å²) in [5, 5.41) is 0. The summed E-state index contributed by atoms with van der Waals surface area (Å²) in [7, 11) is 0. The molecule has 4 heterocycles. The Hall–Kier alpha value is -4.56. The van der Waals surface area contributed by atoms with E-state index < -0.39 is 35.8 Å². The molecule has 0 spiro atoms. The van der Waals surface area contributed by atoms with Crippen LogP contribution < -0.4 is 4.74 Å². The molecule has 3 amide bonds. The predicted molar refractivity (Wildman–Crippen MR) is 175 cm³/mol. The Kier molecular flexibility index (Phi) is 10.3. The molecule has 272 valence electrons. The van der Waals surface area contributed by atoms with E-state index in [0.717, 1.165) is 0 Å². The van der Waals surface area contributed by atoms with E-state index >= 15 is 0 Å². The van der Waals surface area contributed by atoms with Crippen molar-refractivity contribution in [2.24, 2.45) is 11.8 Å². The maximum atomic E-state index is 14.2. The maximum absolute atomic E-state index is 14.2. The number of imidazole rings is 1. The Morgan fingerprint density at radius 2 is 1.42 bits per heavy atom. The lowest BCUT2D eigenvalue weighted by molar-refractivity contribution is -0.274. The summed E-state index contributed by atoms with van der Waals surface area (Å²) < 4.78 is 53.7. The molecule has 2 fully saturated rings. The van der Waals surface area contributed by atoms with Gasteiger partial charge in [-0.25, -0.2) is 19.1 Å². The zero-order valence-electron chi connectivity index (χ0n) is 29.2. The number of rotatable bonds is 4. The minimum Gasteiger partial charge on any atom is -0.444 e. The smallest absolute Gasteiger partial charge is 0.444 e. The zero-order valence-corrected chi connectivity index (χ0v) is 29.2. The molecule has 3 aliphatic rings. The van der Waals surface area contributed by atoms with Crippen LogP contribution in [0.5, 0.6) is 5.75 Å². The summed E-state index contributed by atoms with van der Waals surface area (Å²) in [6, 6.07) is 4.32. The number of aromatic nitrogens is 2. The van der Waals surface area contributed by atoms with Gasteiger partial charge in [0.2, 0.25) is 11.8 Å². The number of ether oxygens (including phenoxy) is 3. The van der Waals surface area contributed by atoms with Gasteiger partial charge in [-0.1, -0.05) is 12.1 Å². The molecular formula is C35H44F3N5O7. The Bertz CT molecular complexity index is 1610. The molecule has 0 saturated carbocycles. The van der Waals surface area contributed by atoms with Crippen LogP contribution >= 0.6 is 0 Å². The van der Waals surface area contributed by atoms with Crippen molar-refractivity contribution in [3.8, 4) is 5.75 Å². The fourth-order valence-corrected chi connectivity index (χ4v) is 6.54. The Balaban J connectivity index is 1.24. The molecule has 0 N–H and O–H groups in total. The molecule has 3 aliphatic heterocycles. The Labute approximate surface area is 289 Å². The van der Waals surface area contributed by atoms with Crippen molar-refractivity contribution in [1.82, 2.24) is 24.3 Å². The number of fused-ring (bicyclic) bond motifs is 2. The second kappa shape index (κ2) is 14.0. The second-order valence-corrected chi connectivity index (χ2v) is 14.9. The summed E-state index contributed by atoms with van der Waals surface area (Å²) in [6.45, 7) is 12.4. The van der Waals surface area contributed by atoms with Crippen LogP contribution in [0.3, 0.4) is 0 Å². The fourth-order valence-electron chi connectivity index (χ4n) is 6.54. The van der Waals surface area contributed by atoms with Gasteiger partial charge in [0.15, 0.2) is 0 Å². The average molecular weight is 704 g/mol. The van der Waals surface area contributed by atoms with Crippen molar-refractivity contribution in [1.29, 1.82) is 0 Å². The highest BCUT2D eigenvalue weighted by Gasteiger charge is 2.45. The Morgan fingerprint density at radius 3 is 1.98 bits per heavy atom. The number of benzene rings is 1. The first-order chi connectivity index (χ1) is 23.3. The summed E-state index contributed by atoms with van der Waals surface area (Å²) in [6.07, 6.45) is -0.321. The quantitative estimate of drug-likeness (QED) is 0.375. The van der Waals surface area contributed by atoms with Gasteiger partial charge < -0.3 is 24.0 Å². The van der Waals surface area contributed by atoms with Crippen molar-refractivity contribution in [2.45, 2.75) is 91.0 Å². The van der Waals surface area contributed by atoms with Crippen molar-refractivity contribution in [3.63, 3.8) is 0 Å². The molecule has 0 unspecified atom stereocenters. The first-order valence-corrected chi connectivity index (χ1v) is 16.7. The highest BCUT2D eigenvalue weighted by molar-refractivity contribution is 5.92. The number of halogens is 3. The van der Waals surface area contributed by atoms with Crippen LogP contribution in [0.4, 0.5) is 22.8 Å². The highest BCUT2D eigenvalue weighted by Crippen LogP contribution is 2.34. The monoisotopic (exact) mass is 703 g/mol. The van der Waals surface area contributed by atoms with E-state index in [4.69, 9.17) is 9.47 Å². The SMILES string of the molecule is CC(C)(C)OC(=O)N1Cc2ncn(C(=O)OC(C)(C)C)c2C[C@H]1C(=O)N1C[C@H]2CCN(C(=O)/C=C/c3ccc(OC(F)(F)F)cc3)CC[C@H]2C1. The van der Waals surface area contributed by atoms with Crippen molar-refractivity contribution < 1.29 is 46.6 Å². The summed E-state index contributed by atoms with van der Waals surface area (Å²) in [5.41, 5.74) is 0.0168. The number of carbonyl (C=O) groups excluding carboxylic acids is 4. The van der Waals surface area contributed by atoms with Gasteiger partial charge in [-0.3, -0.25) is 14.5 Å². The second-order valence-electron chi connectivity index (χ2n) is 14.9. The van der Waals surface area contributed by atoms with Crippen molar-refractivity contribution in [2.75, 3.05) is 26.2 Å². The van der Waals surface area contributed by atoms with Crippen LogP contribution in [0.25, 0.3) is 6.08 Å². The number of alkyl halides is 3. The van der Waals surface area contributed by atoms with E-state index in [0.29, 0.717) is 56.0 Å². The maximum Gasteiger partial charge on any atom is 0.573 e. The van der Waals surface area contributed by atoms with E-state index in [1.165, 1.54) is 46.1 Å². The van der Waals surface area contributed by atoms with E-state index in [1.54, 1.807) is 57.4 Å². The lowest BCUT2D eigenvalue weighted by atomic mass is 9.92. The van der Waals surface area contributed by atoms with Crippen LogP contribution in [0.2, 0.25) is 0 Å². The van der Waals surface area contributed by atoms with Gasteiger partial charge in [0.1, 0.15) is 29.3 Å². The number of hydrogen-bond donors (Lipinski definition) is 0. The van der Waals surface area contributed by atoms with Crippen molar-refractivity contribution in [3.05, 3.63) is 53.6 Å². The van der Waals surface area contributed by atoms with Gasteiger partial charge in [-0.05, 0) is 90.0 Å². The molecule has 0 radical (unpaired) electrons. The van der Waals surface area contributed by atoms with Crippen LogP contribution in [-0.4, -0.2) is 98.0 Å². The lowest BCUT2D eigenvalue weighted by Gasteiger charge is -2.37. The number of likely N-dealkylation sites (tertiary alicyclic amines) is 2. The topological polar surface area (TPSA) is 124 Å². The molecule has 1 aromatic carbocycles. The number of nitrogens with zero attached hydrogens (tertiary/aromatic N) is 5. The average Bonchev–Trinajstić information content (AvgIpc) is 3.55. The zero-order chi connectivity index (χ0) is 36.6. The first-order valence-electron chi connectivity index (χ1n) is 16.7. The third-order valence-electron chi connectivity index (χ3n) is 8.81.